The van der Waals surface area contributed by atoms with Crippen LogP contribution in [0.4, 0.5) is 5.69 Å². The van der Waals surface area contributed by atoms with Crippen LogP contribution in [0.3, 0.4) is 0 Å². The van der Waals surface area contributed by atoms with Crippen molar-refractivity contribution in [2.45, 2.75) is 0 Å². The Morgan fingerprint density at radius 2 is 1.95 bits per heavy atom. The van der Waals surface area contributed by atoms with Crippen molar-refractivity contribution in [3.05, 3.63) is 74.8 Å². The van der Waals surface area contributed by atoms with Gasteiger partial charge in [0.15, 0.2) is 0 Å². The Labute approximate surface area is 124 Å². The smallest absolute Gasteiger partial charge is 0.313 e. The van der Waals surface area contributed by atoms with Gasteiger partial charge < -0.3 is 4.84 Å². The number of rotatable bonds is 4. The number of benzene rings is 2. The molecule has 0 radical (unpaired) electrons. The summed E-state index contributed by atoms with van der Waals surface area (Å²) in [5.41, 5.74) is 0.565. The van der Waals surface area contributed by atoms with Crippen LogP contribution in [0.25, 0.3) is 0 Å². The maximum atomic E-state index is 11.7. The zero-order valence-corrected chi connectivity index (χ0v) is 11.4. The summed E-state index contributed by atoms with van der Waals surface area (Å²) in [4.78, 5) is 26.4. The number of nitrogens with zero attached hydrogens (tertiary/aromatic N) is 2. The molecule has 0 bridgehead atoms. The summed E-state index contributed by atoms with van der Waals surface area (Å²) in [5, 5.41) is 14.7. The Bertz CT molecular complexity index is 698. The van der Waals surface area contributed by atoms with Gasteiger partial charge >= 0.3 is 5.97 Å². The van der Waals surface area contributed by atoms with Crippen molar-refractivity contribution >= 4 is 29.5 Å². The normalized spacial score (nSPS) is 10.5. The largest absolute Gasteiger partial charge is 0.365 e. The molecule has 0 fully saturated rings. The average molecular weight is 305 g/mol. The minimum absolute atomic E-state index is 0.0532. The van der Waals surface area contributed by atoms with E-state index < -0.39 is 10.9 Å². The predicted octanol–water partition coefficient (Wildman–Crippen LogP) is 3.44. The second kappa shape index (κ2) is 6.62. The van der Waals surface area contributed by atoms with Gasteiger partial charge in [0.05, 0.1) is 16.7 Å². The molecule has 0 saturated carbocycles. The lowest BCUT2D eigenvalue weighted by Crippen LogP contribution is -2.02. The van der Waals surface area contributed by atoms with Gasteiger partial charge in [0, 0.05) is 17.2 Å². The third kappa shape index (κ3) is 4.12. The quantitative estimate of drug-likeness (QED) is 0.375. The van der Waals surface area contributed by atoms with E-state index in [-0.39, 0.29) is 11.3 Å². The molecule has 2 aromatic rings. The molecule has 0 amide bonds. The fourth-order valence-electron chi connectivity index (χ4n) is 1.48. The van der Waals surface area contributed by atoms with Gasteiger partial charge in [0.1, 0.15) is 0 Å². The van der Waals surface area contributed by atoms with E-state index in [1.54, 1.807) is 24.3 Å². The van der Waals surface area contributed by atoms with E-state index in [1.807, 2.05) is 0 Å². The van der Waals surface area contributed by atoms with Crippen LogP contribution in [0.5, 0.6) is 0 Å². The molecule has 106 valence electrons. The molecule has 0 aliphatic heterocycles. The van der Waals surface area contributed by atoms with E-state index in [1.165, 1.54) is 24.4 Å². The number of hydrogen-bond donors (Lipinski definition) is 0. The first-order valence-corrected chi connectivity index (χ1v) is 6.19. The molecule has 0 unspecified atom stereocenters. The summed E-state index contributed by atoms with van der Waals surface area (Å²) in [5.74, 6) is -0.774. The number of oxime groups is 1. The summed E-state index contributed by atoms with van der Waals surface area (Å²) >= 11 is 5.73. The first-order valence-electron chi connectivity index (χ1n) is 5.81. The molecule has 0 saturated heterocycles. The van der Waals surface area contributed by atoms with Gasteiger partial charge in [-0.3, -0.25) is 10.1 Å². The lowest BCUT2D eigenvalue weighted by molar-refractivity contribution is -0.384. The van der Waals surface area contributed by atoms with Crippen molar-refractivity contribution in [2.75, 3.05) is 0 Å². The van der Waals surface area contributed by atoms with Gasteiger partial charge in [0.25, 0.3) is 5.69 Å². The minimum Gasteiger partial charge on any atom is -0.313 e. The molecule has 0 aliphatic rings. The summed E-state index contributed by atoms with van der Waals surface area (Å²) in [7, 11) is 0. The van der Waals surface area contributed by atoms with Gasteiger partial charge in [-0.1, -0.05) is 35.0 Å². The maximum absolute atomic E-state index is 11.7. The van der Waals surface area contributed by atoms with Crippen LogP contribution >= 0.6 is 11.6 Å². The first kappa shape index (κ1) is 14.7. The first-order chi connectivity index (χ1) is 10.1. The molecule has 0 atom stereocenters. The summed E-state index contributed by atoms with van der Waals surface area (Å²) in [6.07, 6.45) is 1.34. The van der Waals surface area contributed by atoms with Crippen LogP contribution in [-0.4, -0.2) is 17.1 Å². The second-order valence-corrected chi connectivity index (χ2v) is 4.41. The lowest BCUT2D eigenvalue weighted by Gasteiger charge is -1.98. The number of nitro groups is 1. The molecule has 0 N–H and O–H groups in total. The monoisotopic (exact) mass is 304 g/mol. The molecule has 21 heavy (non-hydrogen) atoms. The molecular formula is C14H9ClN2O4. The highest BCUT2D eigenvalue weighted by atomic mass is 35.5. The lowest BCUT2D eigenvalue weighted by atomic mass is 10.2. The van der Waals surface area contributed by atoms with E-state index >= 15 is 0 Å². The van der Waals surface area contributed by atoms with Gasteiger partial charge in [-0.2, -0.15) is 0 Å². The van der Waals surface area contributed by atoms with Crippen molar-refractivity contribution in [3.63, 3.8) is 0 Å². The van der Waals surface area contributed by atoms with Crippen LogP contribution in [0, 0.1) is 10.1 Å². The molecule has 6 nitrogen and oxygen atoms in total. The van der Waals surface area contributed by atoms with E-state index in [2.05, 4.69) is 9.99 Å². The number of non-ortho nitro benzene ring substituents is 1. The number of carbonyl (C=O) groups excluding carboxylic acids is 1. The number of nitro benzene ring substituents is 1. The molecule has 0 heterocycles. The standard InChI is InChI=1S/C14H9ClN2O4/c15-12-6-4-10(5-7-12)9-16-21-14(18)11-2-1-3-13(8-11)17(19)20/h1-9H/b16-9+. The Morgan fingerprint density at radius 3 is 2.62 bits per heavy atom. The predicted molar refractivity (Wildman–Crippen MR) is 77.6 cm³/mol. The van der Waals surface area contributed by atoms with Crippen molar-refractivity contribution in [3.8, 4) is 0 Å². The van der Waals surface area contributed by atoms with Crippen molar-refractivity contribution in [1.82, 2.24) is 0 Å². The van der Waals surface area contributed by atoms with Crippen molar-refractivity contribution in [1.29, 1.82) is 0 Å². The van der Waals surface area contributed by atoms with E-state index in [4.69, 9.17) is 11.6 Å². The zero-order chi connectivity index (χ0) is 15.2. The van der Waals surface area contributed by atoms with Crippen LogP contribution in [0.15, 0.2) is 53.7 Å². The van der Waals surface area contributed by atoms with Gasteiger partial charge in [-0.05, 0) is 23.8 Å². The fourth-order valence-corrected chi connectivity index (χ4v) is 1.61. The summed E-state index contributed by atoms with van der Waals surface area (Å²) < 4.78 is 0. The third-order valence-corrected chi connectivity index (χ3v) is 2.75. The van der Waals surface area contributed by atoms with E-state index in [9.17, 15) is 14.9 Å². The molecule has 2 rings (SSSR count). The Kier molecular flexibility index (Phi) is 4.63. The summed E-state index contributed by atoms with van der Waals surface area (Å²) in [6.45, 7) is 0. The van der Waals surface area contributed by atoms with Gasteiger partial charge in [-0.25, -0.2) is 4.79 Å². The van der Waals surface area contributed by atoms with Crippen LogP contribution < -0.4 is 0 Å². The highest BCUT2D eigenvalue weighted by Crippen LogP contribution is 2.14. The highest BCUT2D eigenvalue weighted by Gasteiger charge is 2.12. The van der Waals surface area contributed by atoms with Crippen LogP contribution in [0.1, 0.15) is 15.9 Å². The van der Waals surface area contributed by atoms with Crippen LogP contribution in [-0.2, 0) is 4.84 Å². The SMILES string of the molecule is O=C(O/N=C/c1ccc(Cl)cc1)c1cccc([N+](=O)[O-])c1. The molecule has 0 aliphatic carbocycles. The maximum Gasteiger partial charge on any atom is 0.365 e. The summed E-state index contributed by atoms with van der Waals surface area (Å²) in [6, 6.07) is 12.0. The molecule has 0 aromatic heterocycles. The Hall–Kier alpha value is -2.73. The Balaban J connectivity index is 2.03. The van der Waals surface area contributed by atoms with E-state index in [0.717, 1.165) is 6.07 Å². The Morgan fingerprint density at radius 1 is 1.24 bits per heavy atom. The fraction of sp³-hybridized carbons (Fsp3) is 0. The van der Waals surface area contributed by atoms with Crippen molar-refractivity contribution < 1.29 is 14.6 Å². The molecular weight excluding hydrogens is 296 g/mol. The zero-order valence-electron chi connectivity index (χ0n) is 10.6. The van der Waals surface area contributed by atoms with Gasteiger partial charge in [0.2, 0.25) is 0 Å². The average Bonchev–Trinajstić information content (AvgIpc) is 2.49. The third-order valence-electron chi connectivity index (χ3n) is 2.50. The molecule has 2 aromatic carbocycles. The number of halogens is 1. The van der Waals surface area contributed by atoms with E-state index in [0.29, 0.717) is 10.6 Å². The topological polar surface area (TPSA) is 81.8 Å². The van der Waals surface area contributed by atoms with Crippen LogP contribution in [0.2, 0.25) is 5.02 Å². The van der Waals surface area contributed by atoms with Gasteiger partial charge in [-0.15, -0.1) is 0 Å². The highest BCUT2D eigenvalue weighted by molar-refractivity contribution is 6.30. The minimum atomic E-state index is -0.774. The van der Waals surface area contributed by atoms with Crippen molar-refractivity contribution in [2.24, 2.45) is 5.16 Å². The molecule has 0 spiro atoms. The molecule has 7 heteroatoms. The second-order valence-electron chi connectivity index (χ2n) is 3.97. The number of carbonyl (C=O) groups is 1. The number of hydrogen-bond acceptors (Lipinski definition) is 5.